The largest absolute Gasteiger partial charge is 0.214 e. The van der Waals surface area contributed by atoms with Crippen molar-refractivity contribution in [2.24, 2.45) is 0 Å². The number of unbranched alkanes of at least 4 members (excludes halogenated alkanes) is 1. The Bertz CT molecular complexity index is 253. The minimum absolute atomic E-state index is 0.309. The molecule has 1 unspecified atom stereocenters. The second kappa shape index (κ2) is 4.75. The van der Waals surface area contributed by atoms with Crippen molar-refractivity contribution < 1.29 is 8.42 Å². The van der Waals surface area contributed by atoms with Crippen LogP contribution >= 0.6 is 15.9 Å². The molecule has 3 nitrogen and oxygen atoms in total. The van der Waals surface area contributed by atoms with E-state index in [1.807, 2.05) is 6.92 Å². The Kier molecular flexibility index (Phi) is 4.19. The average molecular weight is 270 g/mol. The van der Waals surface area contributed by atoms with Gasteiger partial charge in [0.05, 0.1) is 5.75 Å². The fraction of sp³-hybridized carbons (Fsp3) is 1.00. The van der Waals surface area contributed by atoms with Gasteiger partial charge in [0.2, 0.25) is 10.0 Å². The van der Waals surface area contributed by atoms with Gasteiger partial charge in [-0.05, 0) is 12.8 Å². The van der Waals surface area contributed by atoms with Crippen LogP contribution in [0.3, 0.4) is 0 Å². The van der Waals surface area contributed by atoms with E-state index in [0.29, 0.717) is 23.7 Å². The predicted octanol–water partition coefficient (Wildman–Crippen LogP) is 1.59. The van der Waals surface area contributed by atoms with Gasteiger partial charge in [-0.3, -0.25) is 0 Å². The lowest BCUT2D eigenvalue weighted by Crippen LogP contribution is -2.31. The van der Waals surface area contributed by atoms with Crippen LogP contribution < -0.4 is 0 Å². The standard InChI is InChI=1S/C8H16BrNO2S/c1-2-3-6-13(11,12)10-5-4-8(9)7-10/h8H,2-7H2,1H3. The zero-order chi connectivity index (χ0) is 9.90. The molecule has 0 N–H and O–H groups in total. The van der Waals surface area contributed by atoms with Crippen LogP contribution in [0, 0.1) is 0 Å². The highest BCUT2D eigenvalue weighted by molar-refractivity contribution is 9.09. The van der Waals surface area contributed by atoms with Crippen molar-refractivity contribution in [3.8, 4) is 0 Å². The van der Waals surface area contributed by atoms with Crippen LogP contribution in [-0.2, 0) is 10.0 Å². The van der Waals surface area contributed by atoms with E-state index in [2.05, 4.69) is 15.9 Å². The molecular weight excluding hydrogens is 254 g/mol. The van der Waals surface area contributed by atoms with Gasteiger partial charge in [0, 0.05) is 17.9 Å². The fourth-order valence-electron chi connectivity index (χ4n) is 1.40. The van der Waals surface area contributed by atoms with Gasteiger partial charge in [-0.1, -0.05) is 29.3 Å². The van der Waals surface area contributed by atoms with E-state index in [4.69, 9.17) is 0 Å². The molecule has 0 aromatic rings. The van der Waals surface area contributed by atoms with Crippen molar-refractivity contribution in [3.05, 3.63) is 0 Å². The van der Waals surface area contributed by atoms with Crippen molar-refractivity contribution in [2.75, 3.05) is 18.8 Å². The van der Waals surface area contributed by atoms with Crippen LogP contribution in [0.1, 0.15) is 26.2 Å². The summed E-state index contributed by atoms with van der Waals surface area (Å²) >= 11 is 3.43. The molecule has 1 rings (SSSR count). The molecule has 78 valence electrons. The van der Waals surface area contributed by atoms with E-state index >= 15 is 0 Å². The molecule has 0 spiro atoms. The monoisotopic (exact) mass is 269 g/mol. The van der Waals surface area contributed by atoms with E-state index in [0.717, 1.165) is 19.3 Å². The third-order valence-electron chi connectivity index (χ3n) is 2.24. The number of halogens is 1. The number of rotatable bonds is 4. The second-order valence-corrected chi connectivity index (χ2v) is 6.80. The highest BCUT2D eigenvalue weighted by Crippen LogP contribution is 2.20. The molecule has 1 heterocycles. The SMILES string of the molecule is CCCCS(=O)(=O)N1CCC(Br)C1. The summed E-state index contributed by atoms with van der Waals surface area (Å²) in [4.78, 5) is 0.351. The highest BCUT2D eigenvalue weighted by atomic mass is 79.9. The van der Waals surface area contributed by atoms with Crippen LogP contribution in [0.15, 0.2) is 0 Å². The summed E-state index contributed by atoms with van der Waals surface area (Å²) in [6, 6.07) is 0. The van der Waals surface area contributed by atoms with Gasteiger partial charge in [-0.25, -0.2) is 12.7 Å². The van der Waals surface area contributed by atoms with Gasteiger partial charge < -0.3 is 0 Å². The second-order valence-electron chi connectivity index (χ2n) is 3.41. The zero-order valence-electron chi connectivity index (χ0n) is 7.87. The van der Waals surface area contributed by atoms with Gasteiger partial charge in [0.1, 0.15) is 0 Å². The number of nitrogens with zero attached hydrogens (tertiary/aromatic N) is 1. The molecule has 1 aliphatic heterocycles. The summed E-state index contributed by atoms with van der Waals surface area (Å²) in [5.41, 5.74) is 0. The maximum atomic E-state index is 11.6. The lowest BCUT2D eigenvalue weighted by Gasteiger charge is -2.14. The topological polar surface area (TPSA) is 37.4 Å². The summed E-state index contributed by atoms with van der Waals surface area (Å²) in [5, 5.41) is 0. The molecule has 1 aliphatic rings. The summed E-state index contributed by atoms with van der Waals surface area (Å²) < 4.78 is 24.9. The lowest BCUT2D eigenvalue weighted by molar-refractivity contribution is 0.476. The Morgan fingerprint density at radius 2 is 2.23 bits per heavy atom. The van der Waals surface area contributed by atoms with Gasteiger partial charge in [0.15, 0.2) is 0 Å². The van der Waals surface area contributed by atoms with E-state index in [1.165, 1.54) is 0 Å². The van der Waals surface area contributed by atoms with Crippen molar-refractivity contribution in [1.29, 1.82) is 0 Å². The molecule has 1 fully saturated rings. The average Bonchev–Trinajstić information content (AvgIpc) is 2.49. The van der Waals surface area contributed by atoms with Gasteiger partial charge >= 0.3 is 0 Å². The molecule has 0 amide bonds. The van der Waals surface area contributed by atoms with Crippen LogP contribution in [0.5, 0.6) is 0 Å². The number of sulfonamides is 1. The molecule has 0 saturated carbocycles. The molecule has 0 aliphatic carbocycles. The third kappa shape index (κ3) is 3.22. The summed E-state index contributed by atoms with van der Waals surface area (Å²) in [7, 11) is -2.95. The third-order valence-corrected chi connectivity index (χ3v) is 4.91. The van der Waals surface area contributed by atoms with E-state index in [1.54, 1.807) is 4.31 Å². The van der Waals surface area contributed by atoms with Crippen LogP contribution in [0.4, 0.5) is 0 Å². The Morgan fingerprint density at radius 1 is 1.54 bits per heavy atom. The molecule has 5 heteroatoms. The Labute approximate surface area is 88.7 Å². The van der Waals surface area contributed by atoms with E-state index < -0.39 is 10.0 Å². The molecule has 1 atom stereocenters. The van der Waals surface area contributed by atoms with Crippen LogP contribution in [0.25, 0.3) is 0 Å². The lowest BCUT2D eigenvalue weighted by atomic mass is 10.4. The first-order chi connectivity index (χ1) is 6.06. The molecule has 0 aromatic heterocycles. The van der Waals surface area contributed by atoms with Crippen LogP contribution in [-0.4, -0.2) is 36.4 Å². The molecule has 1 saturated heterocycles. The minimum atomic E-state index is -2.95. The molecule has 0 bridgehead atoms. The first-order valence-corrected chi connectivity index (χ1v) is 7.20. The summed E-state index contributed by atoms with van der Waals surface area (Å²) in [6.07, 6.45) is 2.64. The smallest absolute Gasteiger partial charge is 0.212 e. The molecular formula is C8H16BrNO2S. The van der Waals surface area contributed by atoms with Gasteiger partial charge in [-0.2, -0.15) is 0 Å². The van der Waals surface area contributed by atoms with E-state index in [-0.39, 0.29) is 0 Å². The predicted molar refractivity (Wildman–Crippen MR) is 57.6 cm³/mol. The summed E-state index contributed by atoms with van der Waals surface area (Å²) in [6.45, 7) is 3.33. The summed E-state index contributed by atoms with van der Waals surface area (Å²) in [5.74, 6) is 0.309. The van der Waals surface area contributed by atoms with E-state index in [9.17, 15) is 8.42 Å². The van der Waals surface area contributed by atoms with Crippen molar-refractivity contribution in [3.63, 3.8) is 0 Å². The van der Waals surface area contributed by atoms with Crippen molar-refractivity contribution >= 4 is 26.0 Å². The molecule has 13 heavy (non-hydrogen) atoms. The van der Waals surface area contributed by atoms with Crippen molar-refractivity contribution in [2.45, 2.75) is 31.0 Å². The Balaban J connectivity index is 2.50. The Morgan fingerprint density at radius 3 is 2.69 bits per heavy atom. The highest BCUT2D eigenvalue weighted by Gasteiger charge is 2.29. The van der Waals surface area contributed by atoms with Crippen molar-refractivity contribution in [1.82, 2.24) is 4.31 Å². The van der Waals surface area contributed by atoms with Gasteiger partial charge in [-0.15, -0.1) is 0 Å². The van der Waals surface area contributed by atoms with Gasteiger partial charge in [0.25, 0.3) is 0 Å². The first kappa shape index (κ1) is 11.5. The zero-order valence-corrected chi connectivity index (χ0v) is 10.3. The molecule has 0 radical (unpaired) electrons. The quantitative estimate of drug-likeness (QED) is 0.727. The maximum Gasteiger partial charge on any atom is 0.214 e. The fourth-order valence-corrected chi connectivity index (χ4v) is 3.84. The minimum Gasteiger partial charge on any atom is -0.212 e. The number of alkyl halides is 1. The number of hydrogen-bond acceptors (Lipinski definition) is 2. The number of hydrogen-bond donors (Lipinski definition) is 0. The Hall–Kier alpha value is 0.390. The molecule has 0 aromatic carbocycles. The van der Waals surface area contributed by atoms with Crippen LogP contribution in [0.2, 0.25) is 0 Å². The maximum absolute atomic E-state index is 11.6. The first-order valence-electron chi connectivity index (χ1n) is 4.68. The normalized spacial score (nSPS) is 25.2.